The molecule has 2 saturated heterocycles. The Morgan fingerprint density at radius 1 is 1.04 bits per heavy atom. The van der Waals surface area contributed by atoms with Crippen molar-refractivity contribution in [2.45, 2.75) is 108 Å². The lowest BCUT2D eigenvalue weighted by atomic mass is 9.53. The molecule has 0 radical (unpaired) electrons. The molecule has 1 spiro atoms. The largest absolute Gasteiger partial charge is 0.453 e. The minimum atomic E-state index is -0.380. The van der Waals surface area contributed by atoms with Crippen molar-refractivity contribution in [1.82, 2.24) is 34.5 Å². The number of carbonyl (C=O) groups excluding carboxylic acids is 2. The van der Waals surface area contributed by atoms with Gasteiger partial charge in [-0.15, -0.1) is 12.3 Å². The fourth-order valence-electron chi connectivity index (χ4n) is 10.2. The topological polar surface area (TPSA) is 86.2 Å². The number of carbonyl (C=O) groups is 2. The molecule has 1 aromatic heterocycles. The van der Waals surface area contributed by atoms with Crippen LogP contribution in [0.3, 0.4) is 0 Å². The first-order valence-electron chi connectivity index (χ1n) is 19.3. The zero-order chi connectivity index (χ0) is 34.7. The molecule has 1 aromatic carbocycles. The third kappa shape index (κ3) is 7.06. The molecule has 7 rings (SSSR count). The highest BCUT2D eigenvalue weighted by Crippen LogP contribution is 2.67. The summed E-state index contributed by atoms with van der Waals surface area (Å²) in [6.07, 6.45) is 16.5. The maximum absolute atomic E-state index is 13.3. The Hall–Kier alpha value is -3.39. The van der Waals surface area contributed by atoms with Crippen LogP contribution < -0.4 is 5.32 Å². The van der Waals surface area contributed by atoms with Gasteiger partial charge in [-0.3, -0.25) is 9.69 Å². The number of nitrogens with one attached hydrogen (secondary N) is 1. The molecule has 2 saturated carbocycles. The molecular weight excluding hydrogens is 626 g/mol. The molecule has 2 amide bonds. The second kappa shape index (κ2) is 15.5. The zero-order valence-corrected chi connectivity index (χ0v) is 30.3. The highest BCUT2D eigenvalue weighted by Gasteiger charge is 2.69. The number of ether oxygens (including phenoxy) is 1. The summed E-state index contributed by atoms with van der Waals surface area (Å²) in [6, 6.07) is 11.9. The highest BCUT2D eigenvalue weighted by atomic mass is 16.5. The van der Waals surface area contributed by atoms with Crippen LogP contribution in [-0.2, 0) is 22.5 Å². The van der Waals surface area contributed by atoms with E-state index >= 15 is 0 Å². The molecule has 10 nitrogen and oxygen atoms in total. The van der Waals surface area contributed by atoms with E-state index in [9.17, 15) is 9.59 Å². The number of aryl methyl sites for hydroxylation is 1. The van der Waals surface area contributed by atoms with Crippen molar-refractivity contribution in [3.05, 3.63) is 53.1 Å². The summed E-state index contributed by atoms with van der Waals surface area (Å²) in [7, 11) is 1.43. The molecule has 10 heteroatoms. The van der Waals surface area contributed by atoms with E-state index in [1.54, 1.807) is 0 Å². The van der Waals surface area contributed by atoms with Crippen LogP contribution in [0.25, 0.3) is 0 Å². The van der Waals surface area contributed by atoms with Crippen molar-refractivity contribution < 1.29 is 14.3 Å². The number of alkyl carbamates (subject to hydrolysis) is 1. The number of aromatic nitrogens is 2. The number of imidazole rings is 1. The van der Waals surface area contributed by atoms with Gasteiger partial charge < -0.3 is 29.3 Å². The quantitative estimate of drug-likeness (QED) is 0.223. The van der Waals surface area contributed by atoms with Crippen LogP contribution >= 0.6 is 0 Å². The minimum absolute atomic E-state index is 0.0693. The molecule has 4 fully saturated rings. The first kappa shape index (κ1) is 35.0. The lowest BCUT2D eigenvalue weighted by Crippen LogP contribution is -2.74. The smallest absolute Gasteiger partial charge is 0.407 e. The van der Waals surface area contributed by atoms with E-state index in [4.69, 9.17) is 16.1 Å². The third-order valence-corrected chi connectivity index (χ3v) is 12.8. The summed E-state index contributed by atoms with van der Waals surface area (Å²) >= 11 is 0. The molecule has 5 atom stereocenters. The van der Waals surface area contributed by atoms with E-state index in [0.717, 1.165) is 108 Å². The van der Waals surface area contributed by atoms with Gasteiger partial charge in [0, 0.05) is 87.8 Å². The summed E-state index contributed by atoms with van der Waals surface area (Å²) in [5, 5.41) is 3.07. The normalized spacial score (nSPS) is 26.9. The summed E-state index contributed by atoms with van der Waals surface area (Å²) < 4.78 is 7.52. The predicted octanol–water partition coefficient (Wildman–Crippen LogP) is 4.93. The number of hydrogen-bond donors (Lipinski definition) is 1. The van der Waals surface area contributed by atoms with Gasteiger partial charge in [0.1, 0.15) is 5.82 Å². The number of unbranched alkanes of at least 4 members (excludes halogenated alkanes) is 2. The van der Waals surface area contributed by atoms with E-state index in [2.05, 4.69) is 54.5 Å². The van der Waals surface area contributed by atoms with Gasteiger partial charge in [-0.05, 0) is 76.9 Å². The summed E-state index contributed by atoms with van der Waals surface area (Å²) in [5.41, 5.74) is 4.02. The van der Waals surface area contributed by atoms with Gasteiger partial charge in [0.25, 0.3) is 0 Å². The Bertz CT molecular complexity index is 1530. The van der Waals surface area contributed by atoms with Crippen LogP contribution in [0, 0.1) is 24.7 Å². The molecule has 4 heterocycles. The number of amides is 2. The molecule has 50 heavy (non-hydrogen) atoms. The van der Waals surface area contributed by atoms with Crippen LogP contribution in [0.15, 0.2) is 30.3 Å². The van der Waals surface area contributed by atoms with Gasteiger partial charge in [-0.1, -0.05) is 30.3 Å². The number of hydrogen-bond acceptors (Lipinski definition) is 7. The number of terminal acetylenes is 1. The molecular formula is C40H57N7O3. The molecule has 5 aliphatic rings. The highest BCUT2D eigenvalue weighted by molar-refractivity contribution is 5.76. The Labute approximate surface area is 298 Å². The number of nitrogens with zero attached hydrogens (tertiary/aromatic N) is 6. The van der Waals surface area contributed by atoms with Crippen LogP contribution in [0.4, 0.5) is 4.79 Å². The lowest BCUT2D eigenvalue weighted by molar-refractivity contribution is -0.188. The van der Waals surface area contributed by atoms with Crippen LogP contribution in [0.1, 0.15) is 99.1 Å². The van der Waals surface area contributed by atoms with Crippen LogP contribution in [0.2, 0.25) is 0 Å². The number of piperidine rings is 1. The number of methoxy groups -OCH3 is 1. The number of rotatable bonds is 14. The van der Waals surface area contributed by atoms with Gasteiger partial charge in [0.15, 0.2) is 0 Å². The molecule has 1 N–H and O–H groups in total. The van der Waals surface area contributed by atoms with Crippen molar-refractivity contribution in [3.8, 4) is 12.3 Å². The molecule has 2 aromatic rings. The van der Waals surface area contributed by atoms with E-state index in [1.807, 2.05) is 18.2 Å². The first-order chi connectivity index (χ1) is 24.4. The standard InChI is InChI=1S/C40H57N7O3/c1-4-5-6-10-19-43-23-25-44(26-24-43)20-11-14-38(48)45-21-17-35-34(29-45)41-30(2)47(35)32-27-37-40(28-32)18-15-36(40)46(37)22-16-33(42-39(49)50-3)31-12-8-7-9-13-31/h1,7-9,12-13,32-33,36-37H,5-6,10-11,14-29H2,2-3H3,(H,42,49). The van der Waals surface area contributed by atoms with Crippen LogP contribution in [0.5, 0.6) is 0 Å². The van der Waals surface area contributed by atoms with Crippen molar-refractivity contribution in [2.75, 3.05) is 59.5 Å². The number of benzene rings is 1. The Morgan fingerprint density at radius 2 is 1.80 bits per heavy atom. The average Bonchev–Trinajstić information content (AvgIpc) is 3.68. The van der Waals surface area contributed by atoms with Crippen LogP contribution in [-0.4, -0.2) is 113 Å². The molecule has 3 aliphatic heterocycles. The van der Waals surface area contributed by atoms with Crippen molar-refractivity contribution >= 4 is 12.0 Å². The molecule has 5 unspecified atom stereocenters. The Kier molecular flexibility index (Phi) is 10.8. The third-order valence-electron chi connectivity index (χ3n) is 12.8. The van der Waals surface area contributed by atoms with Crippen molar-refractivity contribution in [1.29, 1.82) is 0 Å². The Balaban J connectivity index is 0.896. The first-order valence-corrected chi connectivity index (χ1v) is 19.3. The monoisotopic (exact) mass is 683 g/mol. The second-order valence-electron chi connectivity index (χ2n) is 15.5. The number of likely N-dealkylation sites (tertiary alicyclic amines) is 1. The molecule has 270 valence electrons. The lowest BCUT2D eigenvalue weighted by Gasteiger charge is -2.68. The predicted molar refractivity (Wildman–Crippen MR) is 194 cm³/mol. The van der Waals surface area contributed by atoms with Crippen molar-refractivity contribution in [2.24, 2.45) is 5.41 Å². The summed E-state index contributed by atoms with van der Waals surface area (Å²) in [4.78, 5) is 40.5. The number of piperazine rings is 1. The van der Waals surface area contributed by atoms with Gasteiger partial charge >= 0.3 is 6.09 Å². The van der Waals surface area contributed by atoms with E-state index in [-0.39, 0.29) is 18.0 Å². The fourth-order valence-corrected chi connectivity index (χ4v) is 10.2. The van der Waals surface area contributed by atoms with E-state index in [1.165, 1.54) is 38.5 Å². The summed E-state index contributed by atoms with van der Waals surface area (Å²) in [5.74, 6) is 4.12. The molecule has 2 aliphatic carbocycles. The zero-order valence-electron chi connectivity index (χ0n) is 30.3. The van der Waals surface area contributed by atoms with Gasteiger partial charge in [-0.25, -0.2) is 9.78 Å². The SMILES string of the molecule is C#CCCCCN1CCN(CCCC(=O)N2CCc3c(nc(C)n3C3CC4N(CCC(NC(=O)OC)c5ccccc5)C5CCC54C3)C2)CC1. The Morgan fingerprint density at radius 3 is 2.50 bits per heavy atom. The summed E-state index contributed by atoms with van der Waals surface area (Å²) in [6.45, 7) is 11.1. The van der Waals surface area contributed by atoms with Gasteiger partial charge in [0.2, 0.25) is 5.91 Å². The van der Waals surface area contributed by atoms with Crippen molar-refractivity contribution in [3.63, 3.8) is 0 Å². The minimum Gasteiger partial charge on any atom is -0.453 e. The average molecular weight is 684 g/mol. The number of fused-ring (bicyclic) bond motifs is 1. The van der Waals surface area contributed by atoms with E-state index < -0.39 is 0 Å². The molecule has 0 bridgehead atoms. The van der Waals surface area contributed by atoms with E-state index in [0.29, 0.717) is 36.5 Å². The maximum Gasteiger partial charge on any atom is 0.407 e. The second-order valence-corrected chi connectivity index (χ2v) is 15.5. The fraction of sp³-hybridized carbons (Fsp3) is 0.675. The maximum atomic E-state index is 13.3. The van der Waals surface area contributed by atoms with Gasteiger partial charge in [-0.2, -0.15) is 0 Å². The van der Waals surface area contributed by atoms with Gasteiger partial charge in [0.05, 0.1) is 25.4 Å².